The Labute approximate surface area is 72.1 Å². The number of thioether (sulfide) groups is 1. The molecule has 66 valence electrons. The molecule has 1 unspecified atom stereocenters. The van der Waals surface area contributed by atoms with Crippen molar-refractivity contribution in [1.82, 2.24) is 5.32 Å². The van der Waals surface area contributed by atoms with Gasteiger partial charge in [-0.25, -0.2) is 0 Å². The number of nitrogens with two attached hydrogens (primary N) is 1. The first-order valence-corrected chi connectivity index (χ1v) is 5.14. The summed E-state index contributed by atoms with van der Waals surface area (Å²) in [5.41, 5.74) is 5.48. The van der Waals surface area contributed by atoms with Gasteiger partial charge < -0.3 is 11.1 Å². The number of amides is 1. The number of carbonyl (C=O) groups is 1. The Balaban J connectivity index is 3.36. The Morgan fingerprint density at radius 1 is 1.73 bits per heavy atom. The fraction of sp³-hybridized carbons (Fsp3) is 0.857. The predicted octanol–water partition coefficient (Wildman–Crippen LogP) is 0.203. The minimum atomic E-state index is -0.336. The van der Waals surface area contributed by atoms with Crippen LogP contribution < -0.4 is 11.1 Å². The van der Waals surface area contributed by atoms with Crippen LogP contribution in [-0.2, 0) is 4.79 Å². The summed E-state index contributed by atoms with van der Waals surface area (Å²) < 4.78 is 0. The standard InChI is InChI=1S/C7H16N2OS/c1-3-6(8)7(10)9-4-5-11-2/h6H,3-5,8H2,1-2H3,(H,9,10). The van der Waals surface area contributed by atoms with E-state index in [1.807, 2.05) is 13.2 Å². The molecule has 1 amide bonds. The molecule has 0 aromatic carbocycles. The number of carbonyl (C=O) groups excluding carboxylic acids is 1. The number of hydrogen-bond donors (Lipinski definition) is 2. The average molecular weight is 176 g/mol. The monoisotopic (exact) mass is 176 g/mol. The van der Waals surface area contributed by atoms with Crippen LogP contribution in [0.4, 0.5) is 0 Å². The fourth-order valence-electron chi connectivity index (χ4n) is 0.593. The van der Waals surface area contributed by atoms with Crippen molar-refractivity contribution in [1.29, 1.82) is 0 Å². The van der Waals surface area contributed by atoms with Crippen LogP contribution in [0.1, 0.15) is 13.3 Å². The van der Waals surface area contributed by atoms with Crippen molar-refractivity contribution in [2.75, 3.05) is 18.6 Å². The summed E-state index contributed by atoms with van der Waals surface area (Å²) in [6, 6.07) is -0.336. The average Bonchev–Trinajstić information content (AvgIpc) is 2.03. The second kappa shape index (κ2) is 6.49. The van der Waals surface area contributed by atoms with Crippen LogP contribution in [-0.4, -0.2) is 30.5 Å². The van der Waals surface area contributed by atoms with Crippen molar-refractivity contribution in [2.45, 2.75) is 19.4 Å². The van der Waals surface area contributed by atoms with Gasteiger partial charge in [0.2, 0.25) is 5.91 Å². The van der Waals surface area contributed by atoms with Crippen LogP contribution in [0.25, 0.3) is 0 Å². The van der Waals surface area contributed by atoms with Crippen molar-refractivity contribution >= 4 is 17.7 Å². The number of nitrogens with one attached hydrogen (secondary N) is 1. The molecular weight excluding hydrogens is 160 g/mol. The lowest BCUT2D eigenvalue weighted by Crippen LogP contribution is -2.40. The lowest BCUT2D eigenvalue weighted by atomic mass is 10.2. The van der Waals surface area contributed by atoms with E-state index in [4.69, 9.17) is 5.73 Å². The first kappa shape index (κ1) is 10.8. The molecule has 0 aromatic rings. The van der Waals surface area contributed by atoms with Crippen molar-refractivity contribution < 1.29 is 4.79 Å². The van der Waals surface area contributed by atoms with E-state index in [-0.39, 0.29) is 11.9 Å². The molecule has 0 aliphatic carbocycles. The van der Waals surface area contributed by atoms with Crippen molar-refractivity contribution in [3.05, 3.63) is 0 Å². The lowest BCUT2D eigenvalue weighted by molar-refractivity contribution is -0.122. The van der Waals surface area contributed by atoms with Gasteiger partial charge in [0.1, 0.15) is 0 Å². The molecule has 1 atom stereocenters. The van der Waals surface area contributed by atoms with Gasteiger partial charge in [-0.05, 0) is 12.7 Å². The minimum Gasteiger partial charge on any atom is -0.354 e. The van der Waals surface area contributed by atoms with E-state index < -0.39 is 0 Å². The van der Waals surface area contributed by atoms with Gasteiger partial charge >= 0.3 is 0 Å². The van der Waals surface area contributed by atoms with E-state index >= 15 is 0 Å². The van der Waals surface area contributed by atoms with Crippen molar-refractivity contribution in [3.63, 3.8) is 0 Å². The number of rotatable bonds is 5. The van der Waals surface area contributed by atoms with Crippen LogP contribution in [0.3, 0.4) is 0 Å². The Morgan fingerprint density at radius 2 is 2.36 bits per heavy atom. The predicted molar refractivity (Wildman–Crippen MR) is 49.7 cm³/mol. The highest BCUT2D eigenvalue weighted by atomic mass is 32.2. The van der Waals surface area contributed by atoms with Gasteiger partial charge in [-0.15, -0.1) is 0 Å². The van der Waals surface area contributed by atoms with Crippen molar-refractivity contribution in [3.8, 4) is 0 Å². The molecule has 11 heavy (non-hydrogen) atoms. The molecule has 0 heterocycles. The van der Waals surface area contributed by atoms with E-state index in [0.29, 0.717) is 13.0 Å². The molecule has 0 spiro atoms. The van der Waals surface area contributed by atoms with E-state index in [2.05, 4.69) is 5.32 Å². The second-order valence-corrected chi connectivity index (χ2v) is 3.28. The van der Waals surface area contributed by atoms with Gasteiger partial charge in [-0.2, -0.15) is 11.8 Å². The van der Waals surface area contributed by atoms with E-state index in [1.165, 1.54) is 0 Å². The third-order valence-corrected chi connectivity index (χ3v) is 1.99. The van der Waals surface area contributed by atoms with Crippen LogP contribution in [0, 0.1) is 0 Å². The molecule has 0 radical (unpaired) electrons. The topological polar surface area (TPSA) is 55.1 Å². The third-order valence-electron chi connectivity index (χ3n) is 1.38. The van der Waals surface area contributed by atoms with Gasteiger partial charge in [0.05, 0.1) is 6.04 Å². The molecular formula is C7H16N2OS. The van der Waals surface area contributed by atoms with E-state index in [9.17, 15) is 4.79 Å². The highest BCUT2D eigenvalue weighted by Gasteiger charge is 2.08. The maximum absolute atomic E-state index is 11.0. The van der Waals surface area contributed by atoms with Gasteiger partial charge in [-0.1, -0.05) is 6.92 Å². The minimum absolute atomic E-state index is 0.0402. The van der Waals surface area contributed by atoms with Crippen LogP contribution >= 0.6 is 11.8 Å². The first-order valence-electron chi connectivity index (χ1n) is 3.74. The molecule has 0 fully saturated rings. The van der Waals surface area contributed by atoms with E-state index in [0.717, 1.165) is 5.75 Å². The molecule has 4 heteroatoms. The molecule has 3 nitrogen and oxygen atoms in total. The fourth-order valence-corrected chi connectivity index (χ4v) is 0.899. The van der Waals surface area contributed by atoms with Gasteiger partial charge in [-0.3, -0.25) is 4.79 Å². The summed E-state index contributed by atoms with van der Waals surface area (Å²) in [6.07, 6.45) is 2.71. The summed E-state index contributed by atoms with van der Waals surface area (Å²) in [7, 11) is 0. The van der Waals surface area contributed by atoms with Crippen LogP contribution in [0.5, 0.6) is 0 Å². The summed E-state index contributed by atoms with van der Waals surface area (Å²) in [5, 5.41) is 2.75. The largest absolute Gasteiger partial charge is 0.354 e. The van der Waals surface area contributed by atoms with Gasteiger partial charge in [0, 0.05) is 12.3 Å². The summed E-state index contributed by atoms with van der Waals surface area (Å²) in [6.45, 7) is 2.62. The Bertz CT molecular complexity index is 119. The molecule has 0 saturated carbocycles. The van der Waals surface area contributed by atoms with Gasteiger partial charge in [0.15, 0.2) is 0 Å². The SMILES string of the molecule is CCC(N)C(=O)NCCSC. The lowest BCUT2D eigenvalue weighted by Gasteiger charge is -2.08. The van der Waals surface area contributed by atoms with E-state index in [1.54, 1.807) is 11.8 Å². The molecule has 0 aliphatic rings. The quantitative estimate of drug-likeness (QED) is 0.588. The molecule has 0 aliphatic heterocycles. The first-order chi connectivity index (χ1) is 5.22. The Morgan fingerprint density at radius 3 is 2.82 bits per heavy atom. The highest BCUT2D eigenvalue weighted by Crippen LogP contribution is 1.89. The smallest absolute Gasteiger partial charge is 0.236 e. The zero-order valence-corrected chi connectivity index (χ0v) is 7.91. The summed E-state index contributed by atoms with van der Waals surface area (Å²) in [5.74, 6) is 0.906. The molecule has 0 rings (SSSR count). The van der Waals surface area contributed by atoms with Crippen LogP contribution in [0.2, 0.25) is 0 Å². The summed E-state index contributed by atoms with van der Waals surface area (Å²) >= 11 is 1.71. The molecule has 3 N–H and O–H groups in total. The maximum Gasteiger partial charge on any atom is 0.236 e. The van der Waals surface area contributed by atoms with Crippen molar-refractivity contribution in [2.24, 2.45) is 5.73 Å². The van der Waals surface area contributed by atoms with Gasteiger partial charge in [0.25, 0.3) is 0 Å². The highest BCUT2D eigenvalue weighted by molar-refractivity contribution is 7.98. The Hall–Kier alpha value is -0.220. The maximum atomic E-state index is 11.0. The molecule has 0 saturated heterocycles. The Kier molecular flexibility index (Phi) is 6.36. The zero-order chi connectivity index (χ0) is 8.69. The second-order valence-electron chi connectivity index (χ2n) is 2.30. The normalized spacial score (nSPS) is 12.6. The summed E-state index contributed by atoms with van der Waals surface area (Å²) in [4.78, 5) is 11.0. The number of hydrogen-bond acceptors (Lipinski definition) is 3. The molecule has 0 bridgehead atoms. The molecule has 0 aromatic heterocycles. The third kappa shape index (κ3) is 5.09. The zero-order valence-electron chi connectivity index (χ0n) is 7.09. The van der Waals surface area contributed by atoms with Crippen LogP contribution in [0.15, 0.2) is 0 Å².